The van der Waals surface area contributed by atoms with Crippen molar-refractivity contribution in [3.05, 3.63) is 35.9 Å². The molecule has 1 aromatic rings. The molecular formula is C9H13Br2NO. The third-order valence-corrected chi connectivity index (χ3v) is 2.47. The van der Waals surface area contributed by atoms with Crippen molar-refractivity contribution in [3.63, 3.8) is 0 Å². The minimum Gasteiger partial charge on any atom is -0.387 e. The highest BCUT2D eigenvalue weighted by Crippen LogP contribution is 2.15. The van der Waals surface area contributed by atoms with Crippen LogP contribution in [0.15, 0.2) is 30.3 Å². The molecule has 0 saturated carbocycles. The second-order valence-corrected chi connectivity index (χ2v) is 3.32. The van der Waals surface area contributed by atoms with Gasteiger partial charge in [0.1, 0.15) is 0 Å². The van der Waals surface area contributed by atoms with E-state index in [1.807, 2.05) is 30.3 Å². The largest absolute Gasteiger partial charge is 0.387 e. The number of rotatable bonds is 3. The first kappa shape index (κ1) is 13.1. The number of hydrogen-bond donors (Lipinski definition) is 2. The fourth-order valence-corrected chi connectivity index (χ4v) is 1.34. The highest BCUT2D eigenvalue weighted by molar-refractivity contribution is 9.09. The number of aliphatic hydroxyl groups excluding tert-OH is 1. The van der Waals surface area contributed by atoms with Gasteiger partial charge < -0.3 is 10.8 Å². The van der Waals surface area contributed by atoms with Gasteiger partial charge in [-0.1, -0.05) is 46.3 Å². The molecule has 2 atom stereocenters. The van der Waals surface area contributed by atoms with Crippen LogP contribution in [0.25, 0.3) is 0 Å². The predicted octanol–water partition coefficient (Wildman–Crippen LogP) is 2.02. The predicted molar refractivity (Wildman–Crippen MR) is 63.5 cm³/mol. The molecular weight excluding hydrogens is 298 g/mol. The maximum Gasteiger partial charge on any atom is 0.0949 e. The summed E-state index contributed by atoms with van der Waals surface area (Å²) in [7, 11) is 0. The van der Waals surface area contributed by atoms with E-state index in [1.165, 1.54) is 0 Å². The van der Waals surface area contributed by atoms with Crippen LogP contribution in [0.2, 0.25) is 0 Å². The van der Waals surface area contributed by atoms with Gasteiger partial charge in [0.05, 0.1) is 6.10 Å². The van der Waals surface area contributed by atoms with Crippen molar-refractivity contribution in [1.29, 1.82) is 0 Å². The van der Waals surface area contributed by atoms with Gasteiger partial charge in [0.25, 0.3) is 0 Å². The molecule has 2 nitrogen and oxygen atoms in total. The Labute approximate surface area is 97.0 Å². The molecule has 3 N–H and O–H groups in total. The quantitative estimate of drug-likeness (QED) is 0.839. The van der Waals surface area contributed by atoms with Crippen molar-refractivity contribution >= 4 is 32.9 Å². The van der Waals surface area contributed by atoms with Gasteiger partial charge in [-0.2, -0.15) is 0 Å². The van der Waals surface area contributed by atoms with Crippen molar-refractivity contribution in [3.8, 4) is 0 Å². The lowest BCUT2D eigenvalue weighted by Gasteiger charge is -2.16. The van der Waals surface area contributed by atoms with Crippen molar-refractivity contribution in [1.82, 2.24) is 0 Å². The summed E-state index contributed by atoms with van der Waals surface area (Å²) in [4.78, 5) is 0. The lowest BCUT2D eigenvalue weighted by molar-refractivity contribution is 0.155. The molecule has 1 aromatic carbocycles. The summed E-state index contributed by atoms with van der Waals surface area (Å²) >= 11 is 3.23. The summed E-state index contributed by atoms with van der Waals surface area (Å²) in [6, 6.07) is 9.18. The van der Waals surface area contributed by atoms with E-state index in [2.05, 4.69) is 15.9 Å². The fourth-order valence-electron chi connectivity index (χ4n) is 0.982. The van der Waals surface area contributed by atoms with Crippen molar-refractivity contribution < 1.29 is 5.11 Å². The second kappa shape index (κ2) is 6.54. The molecule has 0 fully saturated rings. The van der Waals surface area contributed by atoms with E-state index >= 15 is 0 Å². The number of benzene rings is 1. The summed E-state index contributed by atoms with van der Waals surface area (Å²) in [5, 5.41) is 10.2. The lowest BCUT2D eigenvalue weighted by atomic mass is 10.0. The normalized spacial score (nSPS) is 14.4. The van der Waals surface area contributed by atoms with Gasteiger partial charge in [0.2, 0.25) is 0 Å². The molecule has 0 amide bonds. The van der Waals surface area contributed by atoms with Crippen molar-refractivity contribution in [2.24, 2.45) is 5.73 Å². The Bertz CT molecular complexity index is 230. The summed E-state index contributed by atoms with van der Waals surface area (Å²) in [5.41, 5.74) is 6.52. The van der Waals surface area contributed by atoms with E-state index in [4.69, 9.17) is 5.73 Å². The van der Waals surface area contributed by atoms with Crippen LogP contribution in [-0.2, 0) is 0 Å². The van der Waals surface area contributed by atoms with Crippen LogP contribution in [0.1, 0.15) is 11.7 Å². The average molecular weight is 311 g/mol. The number of halogens is 2. The van der Waals surface area contributed by atoms with E-state index < -0.39 is 6.10 Å². The summed E-state index contributed by atoms with van der Waals surface area (Å²) < 4.78 is 0. The van der Waals surface area contributed by atoms with Crippen LogP contribution in [0, 0.1) is 0 Å². The van der Waals surface area contributed by atoms with Gasteiger partial charge in [-0.05, 0) is 5.56 Å². The Morgan fingerprint density at radius 2 is 1.85 bits per heavy atom. The average Bonchev–Trinajstić information content (AvgIpc) is 2.17. The minimum atomic E-state index is -0.578. The van der Waals surface area contributed by atoms with Crippen LogP contribution in [-0.4, -0.2) is 16.5 Å². The van der Waals surface area contributed by atoms with E-state index in [-0.39, 0.29) is 23.0 Å². The molecule has 0 aromatic heterocycles. The molecule has 0 aliphatic heterocycles. The number of alkyl halides is 1. The Kier molecular flexibility index (Phi) is 6.59. The van der Waals surface area contributed by atoms with Gasteiger partial charge >= 0.3 is 0 Å². The zero-order valence-corrected chi connectivity index (χ0v) is 10.4. The summed E-state index contributed by atoms with van der Waals surface area (Å²) in [6.45, 7) is 0. The van der Waals surface area contributed by atoms with E-state index in [0.29, 0.717) is 5.33 Å². The Balaban J connectivity index is 0.00000144. The topological polar surface area (TPSA) is 46.2 Å². The molecule has 0 radical (unpaired) electrons. The monoisotopic (exact) mass is 309 g/mol. The molecule has 0 aliphatic carbocycles. The van der Waals surface area contributed by atoms with Crippen LogP contribution >= 0.6 is 32.9 Å². The SMILES string of the molecule is Br.N[C@@H](CBr)[C@@H](O)c1ccccc1. The number of hydrogen-bond acceptors (Lipinski definition) is 2. The maximum atomic E-state index is 9.63. The van der Waals surface area contributed by atoms with Crippen LogP contribution in [0.4, 0.5) is 0 Å². The second-order valence-electron chi connectivity index (χ2n) is 2.67. The van der Waals surface area contributed by atoms with E-state index in [1.54, 1.807) is 0 Å². The third-order valence-electron chi connectivity index (χ3n) is 1.72. The van der Waals surface area contributed by atoms with Crippen LogP contribution < -0.4 is 5.73 Å². The summed E-state index contributed by atoms with van der Waals surface area (Å²) in [6.07, 6.45) is -0.578. The van der Waals surface area contributed by atoms with Gasteiger partial charge in [0, 0.05) is 11.4 Å². The Morgan fingerprint density at radius 3 is 2.31 bits per heavy atom. The maximum absolute atomic E-state index is 9.63. The lowest BCUT2D eigenvalue weighted by Crippen LogP contribution is -2.29. The fraction of sp³-hybridized carbons (Fsp3) is 0.333. The third kappa shape index (κ3) is 3.77. The molecule has 0 bridgehead atoms. The Hall–Kier alpha value is 0.1000. The molecule has 74 valence electrons. The molecule has 0 heterocycles. The zero-order chi connectivity index (χ0) is 8.97. The molecule has 0 spiro atoms. The van der Waals surface area contributed by atoms with E-state index in [0.717, 1.165) is 5.56 Å². The van der Waals surface area contributed by atoms with Gasteiger partial charge in [-0.25, -0.2) is 0 Å². The smallest absolute Gasteiger partial charge is 0.0949 e. The van der Waals surface area contributed by atoms with Crippen molar-refractivity contribution in [2.45, 2.75) is 12.1 Å². The van der Waals surface area contributed by atoms with Crippen molar-refractivity contribution in [2.75, 3.05) is 5.33 Å². The molecule has 0 aliphatic rings. The molecule has 0 unspecified atom stereocenters. The molecule has 4 heteroatoms. The highest BCUT2D eigenvalue weighted by Gasteiger charge is 2.14. The molecule has 1 rings (SSSR count). The Morgan fingerprint density at radius 1 is 1.31 bits per heavy atom. The zero-order valence-electron chi connectivity index (χ0n) is 7.06. The standard InChI is InChI=1S/C9H12BrNO.BrH/c10-6-8(11)9(12)7-4-2-1-3-5-7;/h1-5,8-9,12H,6,11H2;1H/t8-,9-;/m0./s1. The molecule has 0 saturated heterocycles. The van der Waals surface area contributed by atoms with E-state index in [9.17, 15) is 5.11 Å². The number of aliphatic hydroxyl groups is 1. The first-order chi connectivity index (χ1) is 5.75. The number of nitrogens with two attached hydrogens (primary N) is 1. The summed E-state index contributed by atoms with van der Waals surface area (Å²) in [5.74, 6) is 0. The first-order valence-electron chi connectivity index (χ1n) is 3.80. The highest BCUT2D eigenvalue weighted by atomic mass is 79.9. The van der Waals surface area contributed by atoms with Crippen LogP contribution in [0.5, 0.6) is 0 Å². The van der Waals surface area contributed by atoms with Gasteiger partial charge in [-0.15, -0.1) is 17.0 Å². The minimum absolute atomic E-state index is 0. The van der Waals surface area contributed by atoms with Gasteiger partial charge in [0.15, 0.2) is 0 Å². The van der Waals surface area contributed by atoms with Gasteiger partial charge in [-0.3, -0.25) is 0 Å². The first-order valence-corrected chi connectivity index (χ1v) is 4.92. The molecule has 13 heavy (non-hydrogen) atoms. The van der Waals surface area contributed by atoms with Crippen LogP contribution in [0.3, 0.4) is 0 Å².